The van der Waals surface area contributed by atoms with Crippen LogP contribution >= 0.6 is 11.3 Å². The number of thiophene rings is 1. The second-order valence-electron chi connectivity index (χ2n) is 8.04. The average molecular weight is 473 g/mol. The van der Waals surface area contributed by atoms with Gasteiger partial charge >= 0.3 is 0 Å². The summed E-state index contributed by atoms with van der Waals surface area (Å²) in [6.07, 6.45) is 3.37. The Balaban J connectivity index is 1.62. The maximum absolute atomic E-state index is 10.2. The van der Waals surface area contributed by atoms with Crippen LogP contribution in [0.5, 0.6) is 11.5 Å². The molecule has 0 spiro atoms. The highest BCUT2D eigenvalue weighted by Gasteiger charge is 2.44. The highest BCUT2D eigenvalue weighted by Crippen LogP contribution is 2.48. The highest BCUT2D eigenvalue weighted by molar-refractivity contribution is 7.19. The first-order chi connectivity index (χ1) is 16.7. The SMILES string of the molecule is Nc1ncnc2sc(C3=C(c4ccccc4)N=C[N+]3(CCO)c3ccc4c(c3)OCCO4)cc12. The van der Waals surface area contributed by atoms with Crippen LogP contribution in [0.1, 0.15) is 10.4 Å². The van der Waals surface area contributed by atoms with Gasteiger partial charge < -0.3 is 20.3 Å². The smallest absolute Gasteiger partial charge is 0.201 e. The van der Waals surface area contributed by atoms with Crippen LogP contribution in [0.25, 0.3) is 21.6 Å². The molecule has 170 valence electrons. The minimum atomic E-state index is -0.0428. The molecule has 1 unspecified atom stereocenters. The van der Waals surface area contributed by atoms with E-state index in [-0.39, 0.29) is 11.1 Å². The summed E-state index contributed by atoms with van der Waals surface area (Å²) in [5, 5.41) is 11.0. The molecule has 0 aliphatic carbocycles. The number of anilines is 1. The lowest BCUT2D eigenvalue weighted by atomic mass is 10.1. The molecule has 1 atom stereocenters. The van der Waals surface area contributed by atoms with Crippen molar-refractivity contribution in [3.05, 3.63) is 71.4 Å². The average Bonchev–Trinajstić information content (AvgIpc) is 3.47. The van der Waals surface area contributed by atoms with Gasteiger partial charge in [-0.3, -0.25) is 0 Å². The Bertz CT molecular complexity index is 1450. The van der Waals surface area contributed by atoms with Gasteiger partial charge in [-0.15, -0.1) is 11.3 Å². The lowest BCUT2D eigenvalue weighted by molar-refractivity contribution is 0.171. The third-order valence-corrected chi connectivity index (χ3v) is 7.14. The van der Waals surface area contributed by atoms with Crippen LogP contribution in [-0.4, -0.2) is 47.8 Å². The van der Waals surface area contributed by atoms with E-state index in [2.05, 4.69) is 9.97 Å². The van der Waals surface area contributed by atoms with Crippen molar-refractivity contribution < 1.29 is 14.6 Å². The predicted molar refractivity (Wildman–Crippen MR) is 135 cm³/mol. The molecule has 0 amide bonds. The molecule has 0 saturated heterocycles. The van der Waals surface area contributed by atoms with Gasteiger partial charge in [0.2, 0.25) is 6.34 Å². The summed E-state index contributed by atoms with van der Waals surface area (Å²) in [5.41, 5.74) is 9.84. The molecule has 0 saturated carbocycles. The van der Waals surface area contributed by atoms with E-state index >= 15 is 0 Å². The molecular formula is C25H22N5O3S+. The van der Waals surface area contributed by atoms with Crippen molar-refractivity contribution >= 4 is 50.8 Å². The Kier molecular flexibility index (Phi) is 5.02. The maximum Gasteiger partial charge on any atom is 0.201 e. The summed E-state index contributed by atoms with van der Waals surface area (Å²) in [7, 11) is 0. The normalized spacial score (nSPS) is 19.2. The standard InChI is InChI=1S/C25H22N5O3S/c26-24-18-13-21(34-25(18)28-14-27-24)23-22(16-4-2-1-3-5-16)29-15-30(23,8-9-31)17-6-7-19-20(12-17)33-11-10-32-19/h1-7,12-15,31H,8-11H2,(H2,26,27,28)/q+1. The molecule has 9 heteroatoms. The largest absolute Gasteiger partial charge is 0.486 e. The van der Waals surface area contributed by atoms with Crippen molar-refractivity contribution in [2.45, 2.75) is 0 Å². The Hall–Kier alpha value is -3.79. The molecule has 0 bridgehead atoms. The van der Waals surface area contributed by atoms with E-state index in [1.54, 1.807) is 0 Å². The van der Waals surface area contributed by atoms with Gasteiger partial charge in [0.1, 0.15) is 48.1 Å². The van der Waals surface area contributed by atoms with E-state index in [0.717, 1.165) is 37.7 Å². The number of aromatic nitrogens is 2. The van der Waals surface area contributed by atoms with Crippen molar-refractivity contribution in [2.75, 3.05) is 32.1 Å². The van der Waals surface area contributed by atoms with Crippen LogP contribution in [0, 0.1) is 0 Å². The number of benzene rings is 2. The number of fused-ring (bicyclic) bond motifs is 2. The lowest BCUT2D eigenvalue weighted by Gasteiger charge is -2.32. The van der Waals surface area contributed by atoms with Gasteiger partial charge in [-0.25, -0.2) is 14.5 Å². The minimum absolute atomic E-state index is 0.0428. The number of aliphatic hydroxyl groups is 1. The van der Waals surface area contributed by atoms with Gasteiger partial charge in [-0.2, -0.15) is 4.99 Å². The number of ether oxygens (including phenoxy) is 2. The van der Waals surface area contributed by atoms with E-state index < -0.39 is 0 Å². The van der Waals surface area contributed by atoms with Gasteiger partial charge in [-0.05, 0) is 12.1 Å². The van der Waals surface area contributed by atoms with Gasteiger partial charge in [0.25, 0.3) is 0 Å². The summed E-state index contributed by atoms with van der Waals surface area (Å²) < 4.78 is 11.8. The van der Waals surface area contributed by atoms with E-state index in [1.165, 1.54) is 17.7 Å². The fourth-order valence-electron chi connectivity index (χ4n) is 4.51. The van der Waals surface area contributed by atoms with Gasteiger partial charge in [0.15, 0.2) is 17.2 Å². The Morgan fingerprint density at radius 3 is 2.62 bits per heavy atom. The van der Waals surface area contributed by atoms with E-state index in [4.69, 9.17) is 20.2 Å². The quantitative estimate of drug-likeness (QED) is 0.427. The van der Waals surface area contributed by atoms with Crippen LogP contribution in [0.4, 0.5) is 11.5 Å². The van der Waals surface area contributed by atoms with E-state index in [1.807, 2.05) is 60.9 Å². The van der Waals surface area contributed by atoms with Crippen molar-refractivity contribution in [3.63, 3.8) is 0 Å². The number of nitrogens with two attached hydrogens (primary N) is 1. The highest BCUT2D eigenvalue weighted by atomic mass is 32.1. The van der Waals surface area contributed by atoms with Crippen LogP contribution in [-0.2, 0) is 0 Å². The zero-order chi connectivity index (χ0) is 23.1. The molecular weight excluding hydrogens is 450 g/mol. The van der Waals surface area contributed by atoms with Crippen LogP contribution in [0.3, 0.4) is 0 Å². The van der Waals surface area contributed by atoms with E-state index in [9.17, 15) is 5.11 Å². The summed E-state index contributed by atoms with van der Waals surface area (Å²) in [6, 6.07) is 18.0. The number of nitrogen functional groups attached to an aromatic ring is 1. The molecule has 0 radical (unpaired) electrons. The number of hydrogen-bond acceptors (Lipinski definition) is 8. The third kappa shape index (κ3) is 3.25. The van der Waals surface area contributed by atoms with Crippen molar-refractivity contribution in [1.82, 2.24) is 14.5 Å². The van der Waals surface area contributed by atoms with Crippen LogP contribution in [0.15, 0.2) is 65.9 Å². The summed E-state index contributed by atoms with van der Waals surface area (Å²) in [6.45, 7) is 1.37. The van der Waals surface area contributed by atoms with Crippen molar-refractivity contribution in [1.29, 1.82) is 0 Å². The molecule has 4 heterocycles. The van der Waals surface area contributed by atoms with Gasteiger partial charge in [0.05, 0.1) is 16.9 Å². The van der Waals surface area contributed by atoms with Crippen molar-refractivity contribution in [2.24, 2.45) is 4.99 Å². The zero-order valence-corrected chi connectivity index (χ0v) is 19.0. The topological polar surface area (TPSA) is 103 Å². The summed E-state index contributed by atoms with van der Waals surface area (Å²) in [4.78, 5) is 15.2. The van der Waals surface area contributed by atoms with E-state index in [0.29, 0.717) is 37.1 Å². The monoisotopic (exact) mass is 472 g/mol. The fourth-order valence-corrected chi connectivity index (χ4v) is 5.62. The first-order valence-electron chi connectivity index (χ1n) is 10.9. The van der Waals surface area contributed by atoms with Gasteiger partial charge in [0, 0.05) is 17.7 Å². The van der Waals surface area contributed by atoms with Crippen LogP contribution < -0.4 is 19.7 Å². The molecule has 0 fully saturated rings. The first kappa shape index (κ1) is 20.8. The fraction of sp³-hybridized carbons (Fsp3) is 0.160. The maximum atomic E-state index is 10.2. The number of quaternary nitrogens is 1. The molecule has 2 aliphatic rings. The molecule has 2 aliphatic heterocycles. The summed E-state index contributed by atoms with van der Waals surface area (Å²) in [5.74, 6) is 1.84. The predicted octanol–water partition coefficient (Wildman–Crippen LogP) is 3.91. The Morgan fingerprint density at radius 2 is 1.82 bits per heavy atom. The Morgan fingerprint density at radius 1 is 1.00 bits per heavy atom. The lowest BCUT2D eigenvalue weighted by Crippen LogP contribution is -2.46. The number of nitrogens with zero attached hydrogens (tertiary/aromatic N) is 4. The second-order valence-corrected chi connectivity index (χ2v) is 9.07. The summed E-state index contributed by atoms with van der Waals surface area (Å²) >= 11 is 1.54. The molecule has 2 aromatic carbocycles. The molecule has 2 aromatic heterocycles. The molecule has 6 rings (SSSR count). The molecule has 8 nitrogen and oxygen atoms in total. The number of aliphatic imine (C=N–C) groups is 1. The Labute approximate surface area is 199 Å². The van der Waals surface area contributed by atoms with Crippen molar-refractivity contribution in [3.8, 4) is 11.5 Å². The molecule has 4 aromatic rings. The first-order valence-corrected chi connectivity index (χ1v) is 11.8. The minimum Gasteiger partial charge on any atom is -0.486 e. The number of hydrogen-bond donors (Lipinski definition) is 2. The molecule has 3 N–H and O–H groups in total. The zero-order valence-electron chi connectivity index (χ0n) is 18.2. The number of aliphatic hydroxyl groups excluding tert-OH is 1. The second kappa shape index (κ2) is 8.21. The third-order valence-electron chi connectivity index (χ3n) is 6.09. The van der Waals surface area contributed by atoms with Gasteiger partial charge in [-0.1, -0.05) is 30.3 Å². The molecule has 34 heavy (non-hydrogen) atoms. The number of rotatable bonds is 5. The van der Waals surface area contributed by atoms with Crippen LogP contribution in [0.2, 0.25) is 0 Å².